The van der Waals surface area contributed by atoms with Crippen LogP contribution in [-0.4, -0.2) is 23.9 Å². The van der Waals surface area contributed by atoms with E-state index in [0.29, 0.717) is 0 Å². The van der Waals surface area contributed by atoms with Gasteiger partial charge in [0.1, 0.15) is 17.6 Å². The Morgan fingerprint density at radius 2 is 1.79 bits per heavy atom. The molecule has 0 fully saturated rings. The summed E-state index contributed by atoms with van der Waals surface area (Å²) in [5, 5.41) is 3.16. The number of nitrogens with zero attached hydrogens (tertiary/aromatic N) is 1. The van der Waals surface area contributed by atoms with E-state index in [0.717, 1.165) is 35.7 Å². The fourth-order valence-electron chi connectivity index (χ4n) is 3.20. The molecule has 4 heteroatoms. The molecule has 0 bridgehead atoms. The van der Waals surface area contributed by atoms with Gasteiger partial charge in [0, 0.05) is 5.56 Å². The predicted octanol–water partition coefficient (Wildman–Crippen LogP) is 4.16. The molecule has 1 N–H and O–H groups in total. The van der Waals surface area contributed by atoms with Gasteiger partial charge in [-0.15, -0.1) is 0 Å². The maximum atomic E-state index is 13.0. The van der Waals surface area contributed by atoms with E-state index in [1.165, 1.54) is 0 Å². The number of hydrogen-bond donors (Lipinski definition) is 1. The molecule has 0 spiro atoms. The van der Waals surface area contributed by atoms with Gasteiger partial charge in [-0.05, 0) is 45.5 Å². The minimum absolute atomic E-state index is 0.0238. The predicted molar refractivity (Wildman–Crippen MR) is 96.8 cm³/mol. The molecule has 0 aliphatic rings. The summed E-state index contributed by atoms with van der Waals surface area (Å²) in [5.41, 5.74) is 2.05. The van der Waals surface area contributed by atoms with Crippen LogP contribution in [0.5, 0.6) is 0 Å². The van der Waals surface area contributed by atoms with E-state index >= 15 is 0 Å². The summed E-state index contributed by atoms with van der Waals surface area (Å²) in [6.07, 6.45) is 0. The number of nitrogens with one attached hydrogen (secondary N) is 1. The number of hydrogen-bond acceptors (Lipinski definition) is 3. The first-order chi connectivity index (χ1) is 11.5. The number of rotatable bonds is 7. The Hall–Kier alpha value is -2.07. The number of aryl methyl sites for hydroxylation is 2. The lowest BCUT2D eigenvalue weighted by Gasteiger charge is -2.30. The van der Waals surface area contributed by atoms with Crippen LogP contribution in [0, 0.1) is 13.8 Å². The summed E-state index contributed by atoms with van der Waals surface area (Å²) >= 11 is 0. The molecule has 1 aromatic carbocycles. The van der Waals surface area contributed by atoms with Crippen molar-refractivity contribution in [1.29, 1.82) is 0 Å². The minimum Gasteiger partial charge on any atom is -0.466 e. The molecule has 0 aliphatic carbocycles. The number of furan rings is 1. The van der Waals surface area contributed by atoms with Crippen LogP contribution in [0.3, 0.4) is 0 Å². The zero-order valence-corrected chi connectivity index (χ0v) is 15.3. The topological polar surface area (TPSA) is 45.5 Å². The minimum atomic E-state index is -0.281. The van der Waals surface area contributed by atoms with Crippen molar-refractivity contribution >= 4 is 5.91 Å². The van der Waals surface area contributed by atoms with Crippen molar-refractivity contribution in [3.05, 3.63) is 59.0 Å². The van der Waals surface area contributed by atoms with Gasteiger partial charge in [-0.25, -0.2) is 0 Å². The Morgan fingerprint density at radius 1 is 1.17 bits per heavy atom. The monoisotopic (exact) mass is 328 g/mol. The molecular formula is C20H28N2O2. The molecule has 4 nitrogen and oxygen atoms in total. The fourth-order valence-corrected chi connectivity index (χ4v) is 3.20. The van der Waals surface area contributed by atoms with Crippen molar-refractivity contribution < 1.29 is 9.21 Å². The summed E-state index contributed by atoms with van der Waals surface area (Å²) in [7, 11) is 0. The number of likely N-dealkylation sites (N-methyl/N-ethyl adjacent to an activating group) is 1. The normalized spacial score (nSPS) is 13.8. The Labute approximate surface area is 144 Å². The van der Waals surface area contributed by atoms with E-state index in [2.05, 4.69) is 24.1 Å². The standard InChI is InChI=1S/C20H28N2O2/c1-6-22(7-2)19(17-11-9-8-10-12-17)20(23)21-15(4)18-13-14(3)24-16(18)5/h8-13,15,19H,6-7H2,1-5H3,(H,21,23). The highest BCUT2D eigenvalue weighted by molar-refractivity contribution is 5.83. The second-order valence-electron chi connectivity index (χ2n) is 6.13. The van der Waals surface area contributed by atoms with E-state index in [1.54, 1.807) is 0 Å². The Morgan fingerprint density at radius 3 is 2.29 bits per heavy atom. The fraction of sp³-hybridized carbons (Fsp3) is 0.450. The van der Waals surface area contributed by atoms with Crippen molar-refractivity contribution in [2.45, 2.75) is 46.7 Å². The molecule has 2 atom stereocenters. The van der Waals surface area contributed by atoms with Crippen molar-refractivity contribution in [3.63, 3.8) is 0 Å². The van der Waals surface area contributed by atoms with Crippen LogP contribution >= 0.6 is 0 Å². The van der Waals surface area contributed by atoms with Gasteiger partial charge in [0.2, 0.25) is 5.91 Å². The van der Waals surface area contributed by atoms with E-state index in [4.69, 9.17) is 4.42 Å². The largest absolute Gasteiger partial charge is 0.466 e. The van der Waals surface area contributed by atoms with Crippen molar-refractivity contribution in [2.75, 3.05) is 13.1 Å². The van der Waals surface area contributed by atoms with E-state index < -0.39 is 0 Å². The molecule has 0 radical (unpaired) electrons. The molecule has 24 heavy (non-hydrogen) atoms. The van der Waals surface area contributed by atoms with Gasteiger partial charge >= 0.3 is 0 Å². The average molecular weight is 328 g/mol. The highest BCUT2D eigenvalue weighted by Crippen LogP contribution is 2.25. The quantitative estimate of drug-likeness (QED) is 0.830. The second kappa shape index (κ2) is 8.15. The van der Waals surface area contributed by atoms with Crippen LogP contribution in [0.15, 0.2) is 40.8 Å². The average Bonchev–Trinajstić information content (AvgIpc) is 2.91. The van der Waals surface area contributed by atoms with Crippen molar-refractivity contribution in [2.24, 2.45) is 0 Å². The summed E-state index contributed by atoms with van der Waals surface area (Å²) < 4.78 is 5.59. The van der Waals surface area contributed by atoms with Gasteiger partial charge in [-0.1, -0.05) is 44.2 Å². The van der Waals surface area contributed by atoms with Gasteiger partial charge in [0.25, 0.3) is 0 Å². The lowest BCUT2D eigenvalue weighted by Crippen LogP contribution is -2.41. The van der Waals surface area contributed by atoms with Gasteiger partial charge in [-0.2, -0.15) is 0 Å². The highest BCUT2D eigenvalue weighted by atomic mass is 16.3. The third-order valence-corrected chi connectivity index (χ3v) is 4.45. The molecule has 2 unspecified atom stereocenters. The molecule has 2 rings (SSSR count). The third-order valence-electron chi connectivity index (χ3n) is 4.45. The maximum absolute atomic E-state index is 13.0. The maximum Gasteiger partial charge on any atom is 0.242 e. The van der Waals surface area contributed by atoms with Crippen molar-refractivity contribution in [3.8, 4) is 0 Å². The molecule has 0 saturated heterocycles. The Bertz CT molecular complexity index is 660. The molecular weight excluding hydrogens is 300 g/mol. The zero-order chi connectivity index (χ0) is 17.7. The first-order valence-electron chi connectivity index (χ1n) is 8.64. The lowest BCUT2D eigenvalue weighted by molar-refractivity contribution is -0.127. The molecule has 0 saturated carbocycles. The lowest BCUT2D eigenvalue weighted by atomic mass is 10.0. The van der Waals surface area contributed by atoms with E-state index in [-0.39, 0.29) is 18.0 Å². The Kier molecular flexibility index (Phi) is 6.21. The van der Waals surface area contributed by atoms with Crippen LogP contribution in [0.25, 0.3) is 0 Å². The second-order valence-corrected chi connectivity index (χ2v) is 6.13. The zero-order valence-electron chi connectivity index (χ0n) is 15.3. The van der Waals surface area contributed by atoms with Crippen LogP contribution in [0.1, 0.15) is 55.5 Å². The third kappa shape index (κ3) is 4.06. The number of carbonyl (C=O) groups is 1. The summed E-state index contributed by atoms with van der Waals surface area (Å²) in [6.45, 7) is 11.7. The smallest absolute Gasteiger partial charge is 0.242 e. The summed E-state index contributed by atoms with van der Waals surface area (Å²) in [6, 6.07) is 11.6. The first kappa shape index (κ1) is 18.3. The molecule has 0 aliphatic heterocycles. The molecule has 1 aromatic heterocycles. The molecule has 2 aromatic rings. The van der Waals surface area contributed by atoms with Gasteiger partial charge in [0.15, 0.2) is 0 Å². The molecule has 130 valence electrons. The molecule has 1 amide bonds. The van der Waals surface area contributed by atoms with Crippen LogP contribution in [-0.2, 0) is 4.79 Å². The number of benzene rings is 1. The van der Waals surface area contributed by atoms with Crippen molar-refractivity contribution in [1.82, 2.24) is 10.2 Å². The van der Waals surface area contributed by atoms with Crippen LogP contribution in [0.2, 0.25) is 0 Å². The SMILES string of the molecule is CCN(CC)C(C(=O)NC(C)c1cc(C)oc1C)c1ccccc1. The number of amides is 1. The first-order valence-corrected chi connectivity index (χ1v) is 8.64. The summed E-state index contributed by atoms with van der Waals surface area (Å²) in [4.78, 5) is 15.2. The van der Waals surface area contributed by atoms with Gasteiger partial charge in [-0.3, -0.25) is 9.69 Å². The van der Waals surface area contributed by atoms with Crippen LogP contribution < -0.4 is 5.32 Å². The van der Waals surface area contributed by atoms with E-state index in [1.807, 2.05) is 57.2 Å². The number of carbonyl (C=O) groups excluding carboxylic acids is 1. The van der Waals surface area contributed by atoms with E-state index in [9.17, 15) is 4.79 Å². The van der Waals surface area contributed by atoms with Gasteiger partial charge in [0.05, 0.1) is 6.04 Å². The highest BCUT2D eigenvalue weighted by Gasteiger charge is 2.27. The Balaban J connectivity index is 2.23. The summed E-state index contributed by atoms with van der Waals surface area (Å²) in [5.74, 6) is 1.75. The molecule has 1 heterocycles. The van der Waals surface area contributed by atoms with Gasteiger partial charge < -0.3 is 9.73 Å². The van der Waals surface area contributed by atoms with Crippen LogP contribution in [0.4, 0.5) is 0 Å².